The minimum absolute atomic E-state index is 0.108. The molecule has 0 aliphatic rings. The van der Waals surface area contributed by atoms with Crippen LogP contribution in [0.3, 0.4) is 0 Å². The summed E-state index contributed by atoms with van der Waals surface area (Å²) in [6.07, 6.45) is 1.76. The highest BCUT2D eigenvalue weighted by molar-refractivity contribution is 7.13. The summed E-state index contributed by atoms with van der Waals surface area (Å²) in [7, 11) is 0. The summed E-state index contributed by atoms with van der Waals surface area (Å²) in [5.74, 6) is -0.293. The van der Waals surface area contributed by atoms with Crippen LogP contribution >= 0.6 is 11.3 Å². The van der Waals surface area contributed by atoms with Crippen molar-refractivity contribution < 1.29 is 9.50 Å². The minimum atomic E-state index is -0.616. The third-order valence-electron chi connectivity index (χ3n) is 3.96. The Morgan fingerprint density at radius 1 is 1.29 bits per heavy atom. The summed E-state index contributed by atoms with van der Waals surface area (Å²) in [5, 5.41) is 22.9. The molecule has 3 aromatic rings. The van der Waals surface area contributed by atoms with Gasteiger partial charge in [0.05, 0.1) is 22.9 Å². The van der Waals surface area contributed by atoms with Gasteiger partial charge in [0.2, 0.25) is 0 Å². The molecule has 3 rings (SSSR count). The SMILES string of the molecule is CC(CC(O)c1ccc(F)cc1)NCc1cn[nH]c1-c1cccs1. The Morgan fingerprint density at radius 2 is 2.08 bits per heavy atom. The van der Waals surface area contributed by atoms with Crippen LogP contribution < -0.4 is 5.32 Å². The summed E-state index contributed by atoms with van der Waals surface area (Å²) < 4.78 is 12.9. The predicted octanol–water partition coefficient (Wildman–Crippen LogP) is 3.88. The average molecular weight is 345 g/mol. The van der Waals surface area contributed by atoms with Crippen molar-refractivity contribution in [3.05, 3.63) is 64.9 Å². The predicted molar refractivity (Wildman–Crippen MR) is 94.2 cm³/mol. The summed E-state index contributed by atoms with van der Waals surface area (Å²) in [5.41, 5.74) is 2.86. The van der Waals surface area contributed by atoms with Gasteiger partial charge >= 0.3 is 0 Å². The molecule has 0 spiro atoms. The first kappa shape index (κ1) is 16.8. The largest absolute Gasteiger partial charge is 0.388 e. The van der Waals surface area contributed by atoms with Gasteiger partial charge in [0, 0.05) is 18.2 Å². The molecule has 2 unspecified atom stereocenters. The summed E-state index contributed by atoms with van der Waals surface area (Å²) in [4.78, 5) is 1.16. The number of benzene rings is 1. The fourth-order valence-corrected chi connectivity index (χ4v) is 3.36. The monoisotopic (exact) mass is 345 g/mol. The third kappa shape index (κ3) is 4.08. The number of aliphatic hydroxyl groups is 1. The van der Waals surface area contributed by atoms with Crippen molar-refractivity contribution in [1.82, 2.24) is 15.5 Å². The number of aliphatic hydroxyl groups excluding tert-OH is 1. The highest BCUT2D eigenvalue weighted by Crippen LogP contribution is 2.26. The zero-order valence-corrected chi connectivity index (χ0v) is 14.2. The second-order valence-corrected chi connectivity index (χ2v) is 6.78. The van der Waals surface area contributed by atoms with Crippen LogP contribution in [-0.4, -0.2) is 21.3 Å². The van der Waals surface area contributed by atoms with Crippen LogP contribution in [0.15, 0.2) is 48.0 Å². The zero-order valence-electron chi connectivity index (χ0n) is 13.4. The van der Waals surface area contributed by atoms with Crippen molar-refractivity contribution in [3.63, 3.8) is 0 Å². The quantitative estimate of drug-likeness (QED) is 0.609. The Hall–Kier alpha value is -2.02. The van der Waals surface area contributed by atoms with Crippen molar-refractivity contribution in [1.29, 1.82) is 0 Å². The first-order valence-electron chi connectivity index (χ1n) is 7.86. The number of aromatic amines is 1. The van der Waals surface area contributed by atoms with Crippen LogP contribution in [-0.2, 0) is 6.54 Å². The molecule has 0 aliphatic heterocycles. The number of rotatable bonds is 7. The van der Waals surface area contributed by atoms with Crippen LogP contribution in [0.1, 0.15) is 30.6 Å². The van der Waals surface area contributed by atoms with E-state index in [1.165, 1.54) is 12.1 Å². The Kier molecular flexibility index (Phi) is 5.40. The normalized spacial score (nSPS) is 13.8. The maximum Gasteiger partial charge on any atom is 0.123 e. The molecule has 24 heavy (non-hydrogen) atoms. The molecule has 4 nitrogen and oxygen atoms in total. The molecule has 0 radical (unpaired) electrons. The second-order valence-electron chi connectivity index (χ2n) is 5.83. The van der Waals surface area contributed by atoms with E-state index >= 15 is 0 Å². The molecule has 6 heteroatoms. The van der Waals surface area contributed by atoms with Crippen LogP contribution in [0, 0.1) is 5.82 Å². The molecule has 0 saturated carbocycles. The van der Waals surface area contributed by atoms with Gasteiger partial charge < -0.3 is 10.4 Å². The zero-order chi connectivity index (χ0) is 16.9. The van der Waals surface area contributed by atoms with Gasteiger partial charge in [-0.2, -0.15) is 5.10 Å². The molecule has 0 bridgehead atoms. The van der Waals surface area contributed by atoms with Gasteiger partial charge in [0.15, 0.2) is 0 Å². The van der Waals surface area contributed by atoms with E-state index in [0.29, 0.717) is 13.0 Å². The van der Waals surface area contributed by atoms with E-state index in [9.17, 15) is 9.50 Å². The first-order valence-corrected chi connectivity index (χ1v) is 8.74. The molecule has 1 aromatic carbocycles. The lowest BCUT2D eigenvalue weighted by molar-refractivity contribution is 0.154. The molecule has 3 N–H and O–H groups in total. The lowest BCUT2D eigenvalue weighted by Crippen LogP contribution is -2.27. The van der Waals surface area contributed by atoms with E-state index in [0.717, 1.165) is 21.7 Å². The molecular weight excluding hydrogens is 325 g/mol. The average Bonchev–Trinajstić information content (AvgIpc) is 3.24. The standard InChI is InChI=1S/C18H20FN3OS/c1-12(9-16(23)13-4-6-15(19)7-5-13)20-10-14-11-21-22-18(14)17-3-2-8-24-17/h2-8,11-12,16,20,23H,9-10H2,1H3,(H,21,22). The van der Waals surface area contributed by atoms with E-state index in [4.69, 9.17) is 0 Å². The number of nitrogens with one attached hydrogen (secondary N) is 2. The number of thiophene rings is 1. The van der Waals surface area contributed by atoms with E-state index in [2.05, 4.69) is 21.6 Å². The fraction of sp³-hybridized carbons (Fsp3) is 0.278. The Morgan fingerprint density at radius 3 is 2.79 bits per heavy atom. The van der Waals surface area contributed by atoms with E-state index in [1.54, 1.807) is 23.5 Å². The Balaban J connectivity index is 1.55. The Bertz CT molecular complexity index is 755. The molecule has 2 atom stereocenters. The Labute approximate surface area is 144 Å². The minimum Gasteiger partial charge on any atom is -0.388 e. The lowest BCUT2D eigenvalue weighted by atomic mass is 10.0. The molecule has 2 aromatic heterocycles. The molecule has 0 fully saturated rings. The van der Waals surface area contributed by atoms with E-state index < -0.39 is 6.10 Å². The van der Waals surface area contributed by atoms with Gasteiger partial charge in [-0.05, 0) is 42.5 Å². The maximum atomic E-state index is 12.9. The second kappa shape index (κ2) is 7.70. The highest BCUT2D eigenvalue weighted by atomic mass is 32.1. The molecule has 0 amide bonds. The molecule has 0 aliphatic carbocycles. The highest BCUT2D eigenvalue weighted by Gasteiger charge is 2.14. The van der Waals surface area contributed by atoms with E-state index in [-0.39, 0.29) is 11.9 Å². The van der Waals surface area contributed by atoms with Gasteiger partial charge in [0.25, 0.3) is 0 Å². The number of nitrogens with zero attached hydrogens (tertiary/aromatic N) is 1. The summed E-state index contributed by atoms with van der Waals surface area (Å²) >= 11 is 1.67. The number of hydrogen-bond acceptors (Lipinski definition) is 4. The molecular formula is C18H20FN3OS. The van der Waals surface area contributed by atoms with Gasteiger partial charge in [0.1, 0.15) is 5.82 Å². The fourth-order valence-electron chi connectivity index (χ4n) is 2.60. The number of aromatic nitrogens is 2. The van der Waals surface area contributed by atoms with Crippen molar-refractivity contribution in [2.24, 2.45) is 0 Å². The van der Waals surface area contributed by atoms with Crippen molar-refractivity contribution >= 4 is 11.3 Å². The van der Waals surface area contributed by atoms with Crippen molar-refractivity contribution in [2.45, 2.75) is 32.0 Å². The summed E-state index contributed by atoms with van der Waals surface area (Å²) in [6.45, 7) is 2.69. The van der Waals surface area contributed by atoms with Gasteiger partial charge in [-0.15, -0.1) is 11.3 Å². The number of halogens is 1. The lowest BCUT2D eigenvalue weighted by Gasteiger charge is -2.18. The van der Waals surface area contributed by atoms with Crippen molar-refractivity contribution in [2.75, 3.05) is 0 Å². The molecule has 2 heterocycles. The summed E-state index contributed by atoms with van der Waals surface area (Å²) in [6, 6.07) is 10.2. The van der Waals surface area contributed by atoms with Crippen LogP contribution in [0.4, 0.5) is 4.39 Å². The van der Waals surface area contributed by atoms with Crippen molar-refractivity contribution in [3.8, 4) is 10.6 Å². The smallest absolute Gasteiger partial charge is 0.123 e. The van der Waals surface area contributed by atoms with Crippen LogP contribution in [0.5, 0.6) is 0 Å². The van der Waals surface area contributed by atoms with Crippen LogP contribution in [0.2, 0.25) is 0 Å². The maximum absolute atomic E-state index is 12.9. The van der Waals surface area contributed by atoms with Gasteiger partial charge in [-0.3, -0.25) is 5.10 Å². The molecule has 126 valence electrons. The first-order chi connectivity index (χ1) is 11.6. The number of H-pyrrole nitrogens is 1. The van der Waals surface area contributed by atoms with Crippen LogP contribution in [0.25, 0.3) is 10.6 Å². The molecule has 0 saturated heterocycles. The third-order valence-corrected chi connectivity index (χ3v) is 4.85. The van der Waals surface area contributed by atoms with Gasteiger partial charge in [-0.1, -0.05) is 18.2 Å². The van der Waals surface area contributed by atoms with E-state index in [1.807, 2.05) is 24.6 Å². The topological polar surface area (TPSA) is 60.9 Å². The van der Waals surface area contributed by atoms with Gasteiger partial charge in [-0.25, -0.2) is 4.39 Å². The number of hydrogen-bond donors (Lipinski definition) is 3.